The summed E-state index contributed by atoms with van der Waals surface area (Å²) in [5.74, 6) is -0.0391. The van der Waals surface area contributed by atoms with Gasteiger partial charge in [-0.25, -0.2) is 4.98 Å². The lowest BCUT2D eigenvalue weighted by Gasteiger charge is -2.15. The van der Waals surface area contributed by atoms with Gasteiger partial charge in [0, 0.05) is 24.4 Å². The molecule has 2 rings (SSSR count). The van der Waals surface area contributed by atoms with Gasteiger partial charge >= 0.3 is 6.18 Å². The maximum Gasteiger partial charge on any atom is 0.433 e. The van der Waals surface area contributed by atoms with Crippen LogP contribution in [0.1, 0.15) is 23.7 Å². The summed E-state index contributed by atoms with van der Waals surface area (Å²) in [4.78, 5) is 3.50. The van der Waals surface area contributed by atoms with Crippen LogP contribution in [0.2, 0.25) is 0 Å². The molecule has 0 saturated carbocycles. The van der Waals surface area contributed by atoms with E-state index in [4.69, 9.17) is 4.74 Å². The molecule has 0 radical (unpaired) electrons. The summed E-state index contributed by atoms with van der Waals surface area (Å²) >= 11 is 0. The molecule has 0 bridgehead atoms. The number of benzene rings is 1. The summed E-state index contributed by atoms with van der Waals surface area (Å²) in [7, 11) is 1.79. The van der Waals surface area contributed by atoms with Crippen LogP contribution in [0.25, 0.3) is 0 Å². The van der Waals surface area contributed by atoms with Crippen molar-refractivity contribution in [1.29, 1.82) is 0 Å². The molecule has 0 aliphatic rings. The smallest absolute Gasteiger partial charge is 0.433 e. The summed E-state index contributed by atoms with van der Waals surface area (Å²) in [6, 6.07) is 9.43. The normalized spacial score (nSPS) is 11.3. The van der Waals surface area contributed by atoms with Gasteiger partial charge in [0.05, 0.1) is 0 Å². The molecule has 0 saturated heterocycles. The maximum atomic E-state index is 12.6. The van der Waals surface area contributed by atoms with Crippen LogP contribution in [0.5, 0.6) is 5.88 Å². The average molecular weight is 310 g/mol. The fourth-order valence-electron chi connectivity index (χ4n) is 2.17. The molecule has 2 aromatic rings. The van der Waals surface area contributed by atoms with Crippen molar-refractivity contribution < 1.29 is 17.9 Å². The topological polar surface area (TPSA) is 34.1 Å². The molecule has 0 aliphatic heterocycles. The Kier molecular flexibility index (Phi) is 4.90. The molecule has 1 aromatic heterocycles. The maximum absolute atomic E-state index is 12.6. The van der Waals surface area contributed by atoms with Crippen molar-refractivity contribution in [2.75, 3.05) is 12.4 Å². The molecule has 118 valence electrons. The Balaban J connectivity index is 2.20. The SMILES string of the molecule is CCc1cccc(NC)c1COc1cccc(C(F)(F)F)n1. The summed E-state index contributed by atoms with van der Waals surface area (Å²) in [5, 5.41) is 3.06. The highest BCUT2D eigenvalue weighted by Crippen LogP contribution is 2.29. The number of nitrogens with zero attached hydrogens (tertiary/aromatic N) is 1. The molecular formula is C16H17F3N2O. The summed E-state index contributed by atoms with van der Waals surface area (Å²) in [6.07, 6.45) is -3.67. The van der Waals surface area contributed by atoms with Crippen LogP contribution in [0.15, 0.2) is 36.4 Å². The number of hydrogen-bond donors (Lipinski definition) is 1. The average Bonchev–Trinajstić information content (AvgIpc) is 2.52. The fraction of sp³-hybridized carbons (Fsp3) is 0.312. The van der Waals surface area contributed by atoms with E-state index < -0.39 is 11.9 Å². The predicted octanol–water partition coefficient (Wildman–Crippen LogP) is 4.28. The minimum atomic E-state index is -4.48. The van der Waals surface area contributed by atoms with Gasteiger partial charge in [-0.3, -0.25) is 0 Å². The number of ether oxygens (including phenoxy) is 1. The second kappa shape index (κ2) is 6.68. The van der Waals surface area contributed by atoms with Gasteiger partial charge in [0.1, 0.15) is 12.3 Å². The number of pyridine rings is 1. The minimum absolute atomic E-state index is 0.0391. The van der Waals surface area contributed by atoms with Gasteiger partial charge in [-0.1, -0.05) is 25.1 Å². The Bertz CT molecular complexity index is 619. The largest absolute Gasteiger partial charge is 0.473 e. The first kappa shape index (κ1) is 16.1. The standard InChI is InChI=1S/C16H17F3N2O/c1-3-11-6-4-7-13(20-2)12(11)10-22-15-9-5-8-14(21-15)16(17,18)19/h4-9,20H,3,10H2,1-2H3. The molecule has 0 unspecified atom stereocenters. The van der Waals surface area contributed by atoms with Crippen LogP contribution in [0.3, 0.4) is 0 Å². The molecule has 1 aromatic carbocycles. The zero-order valence-corrected chi connectivity index (χ0v) is 12.4. The molecule has 0 atom stereocenters. The van der Waals surface area contributed by atoms with Crippen molar-refractivity contribution in [3.8, 4) is 5.88 Å². The number of aryl methyl sites for hydroxylation is 1. The number of hydrogen-bond acceptors (Lipinski definition) is 3. The van der Waals surface area contributed by atoms with Crippen LogP contribution in [-0.4, -0.2) is 12.0 Å². The molecule has 0 spiro atoms. The molecule has 3 nitrogen and oxygen atoms in total. The van der Waals surface area contributed by atoms with Gasteiger partial charge in [0.25, 0.3) is 0 Å². The van der Waals surface area contributed by atoms with E-state index in [0.29, 0.717) is 0 Å². The summed E-state index contributed by atoms with van der Waals surface area (Å²) < 4.78 is 43.4. The van der Waals surface area contributed by atoms with E-state index in [2.05, 4.69) is 10.3 Å². The third-order valence-electron chi connectivity index (χ3n) is 3.30. The Hall–Kier alpha value is -2.24. The zero-order chi connectivity index (χ0) is 16.2. The number of alkyl halides is 3. The molecule has 6 heteroatoms. The Morgan fingerprint density at radius 3 is 2.50 bits per heavy atom. The molecule has 1 N–H and O–H groups in total. The molecule has 0 aliphatic carbocycles. The lowest BCUT2D eigenvalue weighted by molar-refractivity contribution is -0.141. The van der Waals surface area contributed by atoms with Crippen LogP contribution < -0.4 is 10.1 Å². The second-order valence-electron chi connectivity index (χ2n) is 4.69. The van der Waals surface area contributed by atoms with Gasteiger partial charge in [0.2, 0.25) is 5.88 Å². The highest BCUT2D eigenvalue weighted by Gasteiger charge is 2.32. The number of rotatable bonds is 5. The van der Waals surface area contributed by atoms with Crippen LogP contribution in [0.4, 0.5) is 18.9 Å². The van der Waals surface area contributed by atoms with E-state index >= 15 is 0 Å². The van der Waals surface area contributed by atoms with Gasteiger partial charge in [0.15, 0.2) is 0 Å². The van der Waals surface area contributed by atoms with Crippen LogP contribution in [-0.2, 0) is 19.2 Å². The molecule has 22 heavy (non-hydrogen) atoms. The van der Waals surface area contributed by atoms with Crippen molar-refractivity contribution in [2.45, 2.75) is 26.1 Å². The second-order valence-corrected chi connectivity index (χ2v) is 4.69. The highest BCUT2D eigenvalue weighted by atomic mass is 19.4. The third kappa shape index (κ3) is 3.69. The number of nitrogens with one attached hydrogen (secondary N) is 1. The van der Waals surface area contributed by atoms with Gasteiger partial charge in [-0.2, -0.15) is 13.2 Å². The predicted molar refractivity (Wildman–Crippen MR) is 78.9 cm³/mol. The number of anilines is 1. The van der Waals surface area contributed by atoms with Crippen molar-refractivity contribution in [3.63, 3.8) is 0 Å². The molecular weight excluding hydrogens is 293 g/mol. The van der Waals surface area contributed by atoms with E-state index in [1.165, 1.54) is 12.1 Å². The Morgan fingerprint density at radius 2 is 1.86 bits per heavy atom. The van der Waals surface area contributed by atoms with Crippen LogP contribution in [0, 0.1) is 0 Å². The monoisotopic (exact) mass is 310 g/mol. The summed E-state index contributed by atoms with van der Waals surface area (Å²) in [5.41, 5.74) is 1.94. The van der Waals surface area contributed by atoms with E-state index in [0.717, 1.165) is 29.3 Å². The number of halogens is 3. The quantitative estimate of drug-likeness (QED) is 0.895. The Morgan fingerprint density at radius 1 is 1.14 bits per heavy atom. The minimum Gasteiger partial charge on any atom is -0.473 e. The van der Waals surface area contributed by atoms with Gasteiger partial charge in [-0.15, -0.1) is 0 Å². The number of aromatic nitrogens is 1. The Labute approximate surface area is 127 Å². The van der Waals surface area contributed by atoms with Gasteiger partial charge < -0.3 is 10.1 Å². The van der Waals surface area contributed by atoms with E-state index in [1.54, 1.807) is 7.05 Å². The van der Waals surface area contributed by atoms with E-state index in [9.17, 15) is 13.2 Å². The van der Waals surface area contributed by atoms with E-state index in [-0.39, 0.29) is 12.5 Å². The summed E-state index contributed by atoms with van der Waals surface area (Å²) in [6.45, 7) is 2.18. The van der Waals surface area contributed by atoms with Crippen molar-refractivity contribution >= 4 is 5.69 Å². The van der Waals surface area contributed by atoms with Crippen molar-refractivity contribution in [3.05, 3.63) is 53.2 Å². The van der Waals surface area contributed by atoms with Crippen molar-refractivity contribution in [2.24, 2.45) is 0 Å². The fourth-order valence-corrected chi connectivity index (χ4v) is 2.17. The molecule has 1 heterocycles. The molecule has 0 fully saturated rings. The first-order chi connectivity index (χ1) is 10.5. The lowest BCUT2D eigenvalue weighted by atomic mass is 10.0. The first-order valence-electron chi connectivity index (χ1n) is 6.91. The van der Waals surface area contributed by atoms with Gasteiger partial charge in [-0.05, 0) is 24.1 Å². The third-order valence-corrected chi connectivity index (χ3v) is 3.30. The zero-order valence-electron chi connectivity index (χ0n) is 12.4. The van der Waals surface area contributed by atoms with Crippen LogP contribution >= 0.6 is 0 Å². The highest BCUT2D eigenvalue weighted by molar-refractivity contribution is 5.54. The molecule has 0 amide bonds. The lowest BCUT2D eigenvalue weighted by Crippen LogP contribution is -2.09. The van der Waals surface area contributed by atoms with E-state index in [1.807, 2.05) is 25.1 Å². The first-order valence-corrected chi connectivity index (χ1v) is 6.91. The van der Waals surface area contributed by atoms with Crippen molar-refractivity contribution in [1.82, 2.24) is 4.98 Å².